The van der Waals surface area contributed by atoms with Gasteiger partial charge in [0.1, 0.15) is 18.0 Å². The highest BCUT2D eigenvalue weighted by atomic mass is 19.4. The SMILES string of the molecule is COc1cc([C@H](O)[C@H](C)Oc2ccc(C(F)(F)F)cc2)cc(OC)c1OC. The first kappa shape index (κ1) is 20.7. The maximum absolute atomic E-state index is 12.6. The number of methoxy groups -OCH3 is 3. The summed E-state index contributed by atoms with van der Waals surface area (Å²) in [6.45, 7) is 1.60. The van der Waals surface area contributed by atoms with Crippen LogP contribution in [0, 0.1) is 0 Å². The second-order valence-corrected chi connectivity index (χ2v) is 5.75. The molecule has 2 atom stereocenters. The quantitative estimate of drug-likeness (QED) is 0.772. The molecule has 2 aromatic carbocycles. The third kappa shape index (κ3) is 4.77. The number of hydrogen-bond acceptors (Lipinski definition) is 5. The van der Waals surface area contributed by atoms with Gasteiger partial charge in [-0.2, -0.15) is 13.2 Å². The van der Waals surface area contributed by atoms with Crippen molar-refractivity contribution >= 4 is 0 Å². The number of rotatable bonds is 7. The zero-order valence-electron chi connectivity index (χ0n) is 15.3. The van der Waals surface area contributed by atoms with E-state index in [-0.39, 0.29) is 5.75 Å². The van der Waals surface area contributed by atoms with Gasteiger partial charge in [0, 0.05) is 0 Å². The van der Waals surface area contributed by atoms with Crippen molar-refractivity contribution in [3.8, 4) is 23.0 Å². The van der Waals surface area contributed by atoms with Crippen molar-refractivity contribution in [2.45, 2.75) is 25.3 Å². The number of ether oxygens (including phenoxy) is 4. The van der Waals surface area contributed by atoms with E-state index >= 15 is 0 Å². The predicted molar refractivity (Wildman–Crippen MR) is 92.6 cm³/mol. The molecule has 0 saturated heterocycles. The Hall–Kier alpha value is -2.61. The molecule has 5 nitrogen and oxygen atoms in total. The van der Waals surface area contributed by atoms with Crippen molar-refractivity contribution in [1.29, 1.82) is 0 Å². The number of hydrogen-bond donors (Lipinski definition) is 1. The maximum atomic E-state index is 12.6. The molecule has 8 heteroatoms. The van der Waals surface area contributed by atoms with E-state index < -0.39 is 23.9 Å². The summed E-state index contributed by atoms with van der Waals surface area (Å²) in [6.07, 6.45) is -6.25. The van der Waals surface area contributed by atoms with Crippen LogP contribution >= 0.6 is 0 Å². The molecule has 1 N–H and O–H groups in total. The van der Waals surface area contributed by atoms with Gasteiger partial charge in [-0.1, -0.05) is 0 Å². The van der Waals surface area contributed by atoms with Gasteiger partial charge in [0.25, 0.3) is 0 Å². The molecule has 27 heavy (non-hydrogen) atoms. The van der Waals surface area contributed by atoms with Gasteiger partial charge in [0.05, 0.1) is 26.9 Å². The third-order valence-electron chi connectivity index (χ3n) is 3.98. The molecule has 0 aliphatic rings. The third-order valence-corrected chi connectivity index (χ3v) is 3.98. The summed E-state index contributed by atoms with van der Waals surface area (Å²) in [7, 11) is 4.37. The lowest BCUT2D eigenvalue weighted by Gasteiger charge is -2.23. The molecular weight excluding hydrogens is 365 g/mol. The summed E-state index contributed by atoms with van der Waals surface area (Å²) < 4.78 is 59.2. The molecule has 2 rings (SSSR count). The Labute approximate surface area is 155 Å². The highest BCUT2D eigenvalue weighted by Gasteiger charge is 2.30. The van der Waals surface area contributed by atoms with Gasteiger partial charge in [-0.25, -0.2) is 0 Å². The van der Waals surface area contributed by atoms with Crippen LogP contribution in [0.5, 0.6) is 23.0 Å². The Kier molecular flexibility index (Phi) is 6.43. The molecule has 0 saturated carbocycles. The number of benzene rings is 2. The molecular formula is C19H21F3O5. The summed E-state index contributed by atoms with van der Waals surface area (Å²) >= 11 is 0. The van der Waals surface area contributed by atoms with E-state index in [1.807, 2.05) is 0 Å². The molecule has 0 fully saturated rings. The van der Waals surface area contributed by atoms with Gasteiger partial charge in [-0.3, -0.25) is 0 Å². The average Bonchev–Trinajstić information content (AvgIpc) is 2.65. The lowest BCUT2D eigenvalue weighted by Crippen LogP contribution is -2.22. The van der Waals surface area contributed by atoms with Crippen molar-refractivity contribution in [1.82, 2.24) is 0 Å². The normalized spacial score (nSPS) is 13.6. The summed E-state index contributed by atoms with van der Waals surface area (Å²) in [5, 5.41) is 10.6. The van der Waals surface area contributed by atoms with Crippen LogP contribution in [0.1, 0.15) is 24.2 Å². The van der Waals surface area contributed by atoms with E-state index in [9.17, 15) is 18.3 Å². The molecule has 0 unspecified atom stereocenters. The summed E-state index contributed by atoms with van der Waals surface area (Å²) in [6, 6.07) is 7.43. The van der Waals surface area contributed by atoms with Crippen LogP contribution < -0.4 is 18.9 Å². The Balaban J connectivity index is 2.20. The lowest BCUT2D eigenvalue weighted by atomic mass is 10.0. The molecule has 0 spiro atoms. The molecule has 0 bridgehead atoms. The fraction of sp³-hybridized carbons (Fsp3) is 0.368. The van der Waals surface area contributed by atoms with E-state index in [4.69, 9.17) is 18.9 Å². The summed E-state index contributed by atoms with van der Waals surface area (Å²) in [5.74, 6) is 1.33. The van der Waals surface area contributed by atoms with Crippen molar-refractivity contribution < 1.29 is 37.2 Å². The van der Waals surface area contributed by atoms with E-state index in [0.29, 0.717) is 22.8 Å². The maximum Gasteiger partial charge on any atom is 0.416 e. The van der Waals surface area contributed by atoms with Gasteiger partial charge in [-0.15, -0.1) is 0 Å². The Morgan fingerprint density at radius 2 is 1.41 bits per heavy atom. The smallest absolute Gasteiger partial charge is 0.416 e. The standard InChI is InChI=1S/C19H21F3O5/c1-11(27-14-7-5-13(6-8-14)19(20,21)22)17(23)12-9-15(24-2)18(26-4)16(10-12)25-3/h5-11,17,23H,1-4H3/t11-,17+/m0/s1. The minimum absolute atomic E-state index is 0.210. The fourth-order valence-electron chi connectivity index (χ4n) is 2.54. The van der Waals surface area contributed by atoms with Crippen LogP contribution in [-0.2, 0) is 6.18 Å². The molecule has 0 aromatic heterocycles. The van der Waals surface area contributed by atoms with E-state index in [1.54, 1.807) is 19.1 Å². The zero-order valence-corrected chi connectivity index (χ0v) is 15.3. The van der Waals surface area contributed by atoms with Gasteiger partial charge in [0.15, 0.2) is 11.5 Å². The van der Waals surface area contributed by atoms with Crippen LogP contribution in [0.2, 0.25) is 0 Å². The zero-order chi connectivity index (χ0) is 20.2. The fourth-order valence-corrected chi connectivity index (χ4v) is 2.54. The van der Waals surface area contributed by atoms with Gasteiger partial charge in [0.2, 0.25) is 5.75 Å². The van der Waals surface area contributed by atoms with Gasteiger partial charge >= 0.3 is 6.18 Å². The molecule has 0 amide bonds. The number of halogens is 3. The van der Waals surface area contributed by atoms with Crippen molar-refractivity contribution in [3.05, 3.63) is 47.5 Å². The predicted octanol–water partition coefficient (Wildman–Crippen LogP) is 4.23. The van der Waals surface area contributed by atoms with Crippen molar-refractivity contribution in [3.63, 3.8) is 0 Å². The first-order valence-electron chi connectivity index (χ1n) is 8.03. The lowest BCUT2D eigenvalue weighted by molar-refractivity contribution is -0.137. The first-order valence-corrected chi connectivity index (χ1v) is 8.03. The number of alkyl halides is 3. The molecule has 148 valence electrons. The largest absolute Gasteiger partial charge is 0.493 e. The number of aliphatic hydroxyl groups excluding tert-OH is 1. The second kappa shape index (κ2) is 8.39. The molecule has 0 heterocycles. The first-order chi connectivity index (χ1) is 12.7. The minimum atomic E-state index is -4.42. The second-order valence-electron chi connectivity index (χ2n) is 5.75. The Bertz CT molecular complexity index is 734. The van der Waals surface area contributed by atoms with Crippen LogP contribution in [0.25, 0.3) is 0 Å². The Morgan fingerprint density at radius 3 is 1.81 bits per heavy atom. The van der Waals surface area contributed by atoms with Crippen LogP contribution in [0.4, 0.5) is 13.2 Å². The topological polar surface area (TPSA) is 57.2 Å². The number of aliphatic hydroxyl groups is 1. The molecule has 0 radical (unpaired) electrons. The van der Waals surface area contributed by atoms with Gasteiger partial charge in [-0.05, 0) is 48.9 Å². The van der Waals surface area contributed by atoms with E-state index in [1.165, 1.54) is 33.5 Å². The average molecular weight is 386 g/mol. The van der Waals surface area contributed by atoms with Crippen LogP contribution in [0.3, 0.4) is 0 Å². The van der Waals surface area contributed by atoms with Gasteiger partial charge < -0.3 is 24.1 Å². The Morgan fingerprint density at radius 1 is 0.889 bits per heavy atom. The highest BCUT2D eigenvalue weighted by Crippen LogP contribution is 2.40. The monoisotopic (exact) mass is 386 g/mol. The van der Waals surface area contributed by atoms with E-state index in [2.05, 4.69) is 0 Å². The molecule has 0 aliphatic heterocycles. The van der Waals surface area contributed by atoms with Crippen LogP contribution in [-0.4, -0.2) is 32.5 Å². The molecule has 2 aromatic rings. The summed E-state index contributed by atoms with van der Waals surface area (Å²) in [4.78, 5) is 0. The minimum Gasteiger partial charge on any atom is -0.493 e. The highest BCUT2D eigenvalue weighted by molar-refractivity contribution is 5.54. The van der Waals surface area contributed by atoms with E-state index in [0.717, 1.165) is 12.1 Å². The van der Waals surface area contributed by atoms with Crippen LogP contribution in [0.15, 0.2) is 36.4 Å². The summed E-state index contributed by atoms with van der Waals surface area (Å²) in [5.41, 5.74) is -0.323. The van der Waals surface area contributed by atoms with Crippen molar-refractivity contribution in [2.24, 2.45) is 0 Å². The van der Waals surface area contributed by atoms with Crippen molar-refractivity contribution in [2.75, 3.05) is 21.3 Å². The molecule has 0 aliphatic carbocycles.